The second kappa shape index (κ2) is 6.64. The van der Waals surface area contributed by atoms with Crippen LogP contribution in [0.2, 0.25) is 0 Å². The van der Waals surface area contributed by atoms with Crippen molar-refractivity contribution in [3.63, 3.8) is 0 Å². The maximum Gasteiger partial charge on any atom is 0.161 e. The second-order valence-electron chi connectivity index (χ2n) is 5.24. The summed E-state index contributed by atoms with van der Waals surface area (Å²) in [5.41, 5.74) is 2.28. The molecule has 0 spiro atoms. The van der Waals surface area contributed by atoms with E-state index in [9.17, 15) is 0 Å². The maximum absolute atomic E-state index is 4.60. The van der Waals surface area contributed by atoms with Gasteiger partial charge in [-0.15, -0.1) is 0 Å². The number of hydrogen-bond donors (Lipinski definition) is 1. The monoisotopic (exact) mass is 404 g/mol. The second-order valence-corrected chi connectivity index (χ2v) is 8.24. The van der Waals surface area contributed by atoms with Gasteiger partial charge in [-0.25, -0.2) is 0 Å². The molecule has 1 aromatic rings. The van der Waals surface area contributed by atoms with Gasteiger partial charge < -0.3 is 5.32 Å². The number of aliphatic imine (C=N–C) groups is 1. The lowest BCUT2D eigenvalue weighted by Crippen LogP contribution is -2.10. The molecule has 0 saturated carbocycles. The van der Waals surface area contributed by atoms with E-state index in [1.807, 2.05) is 11.8 Å². The Bertz CT molecular complexity index is 477. The first-order valence-corrected chi connectivity index (χ1v) is 8.86. The van der Waals surface area contributed by atoms with Crippen molar-refractivity contribution in [3.05, 3.63) is 26.6 Å². The summed E-state index contributed by atoms with van der Waals surface area (Å²) in [7, 11) is 0. The quantitative estimate of drug-likeness (QED) is 0.722. The van der Waals surface area contributed by atoms with Crippen molar-refractivity contribution >= 4 is 54.5 Å². The lowest BCUT2D eigenvalue weighted by molar-refractivity contribution is 0.575. The van der Waals surface area contributed by atoms with E-state index in [4.69, 9.17) is 0 Å². The first-order valence-electron chi connectivity index (χ1n) is 6.39. The van der Waals surface area contributed by atoms with Gasteiger partial charge in [0.25, 0.3) is 0 Å². The van der Waals surface area contributed by atoms with Crippen LogP contribution in [0.3, 0.4) is 0 Å². The van der Waals surface area contributed by atoms with Gasteiger partial charge in [0, 0.05) is 14.2 Å². The Labute approximate surface area is 136 Å². The topological polar surface area (TPSA) is 24.4 Å². The summed E-state index contributed by atoms with van der Waals surface area (Å²) in [6.45, 7) is 7.53. The van der Waals surface area contributed by atoms with Gasteiger partial charge in [0.05, 0.1) is 12.2 Å². The molecule has 1 aromatic carbocycles. The van der Waals surface area contributed by atoms with E-state index in [-0.39, 0.29) is 0 Å². The summed E-state index contributed by atoms with van der Waals surface area (Å²) < 4.78 is 2.13. The number of benzene rings is 1. The van der Waals surface area contributed by atoms with E-state index in [0.717, 1.165) is 32.3 Å². The number of hydrogen-bond acceptors (Lipinski definition) is 3. The van der Waals surface area contributed by atoms with Crippen LogP contribution in [0.4, 0.5) is 5.69 Å². The minimum absolute atomic E-state index is 0.616. The molecule has 0 radical (unpaired) electrons. The number of halogens is 2. The minimum atomic E-state index is 0.616. The molecule has 1 unspecified atom stereocenters. The average molecular weight is 406 g/mol. The number of aryl methyl sites for hydroxylation is 1. The lowest BCUT2D eigenvalue weighted by Gasteiger charge is -2.13. The summed E-state index contributed by atoms with van der Waals surface area (Å²) in [4.78, 5) is 4.60. The van der Waals surface area contributed by atoms with E-state index in [0.29, 0.717) is 5.25 Å². The maximum atomic E-state index is 4.60. The minimum Gasteiger partial charge on any atom is -0.333 e. The highest BCUT2D eigenvalue weighted by atomic mass is 79.9. The number of anilines is 1. The third kappa shape index (κ3) is 4.23. The average Bonchev–Trinajstić information content (AvgIpc) is 2.70. The van der Waals surface area contributed by atoms with Crippen LogP contribution in [0.15, 0.2) is 26.1 Å². The number of nitrogens with zero attached hydrogens (tertiary/aromatic N) is 1. The van der Waals surface area contributed by atoms with Crippen LogP contribution in [0, 0.1) is 12.8 Å². The smallest absolute Gasteiger partial charge is 0.161 e. The zero-order valence-electron chi connectivity index (χ0n) is 11.3. The number of thioether (sulfide) groups is 1. The molecule has 0 fully saturated rings. The van der Waals surface area contributed by atoms with Crippen LogP contribution in [0.1, 0.15) is 25.8 Å². The molecule has 0 saturated heterocycles. The third-order valence-corrected chi connectivity index (χ3v) is 5.25. The molecular formula is C14H18Br2N2S. The van der Waals surface area contributed by atoms with Gasteiger partial charge in [0.2, 0.25) is 0 Å². The summed E-state index contributed by atoms with van der Waals surface area (Å²) >= 11 is 9.06. The van der Waals surface area contributed by atoms with Crippen LogP contribution >= 0.6 is 43.6 Å². The standard InChI is InChI=1S/C14H18Br2N2S/c1-8(2)4-10-7-17-14(19-10)18-13-11(15)5-9(3)6-12(13)16/h5-6,8,10H,4,7H2,1-3H3,(H,17,18). The number of amidine groups is 1. The fourth-order valence-corrected chi connectivity index (χ4v) is 4.93. The molecule has 1 N–H and O–H groups in total. The van der Waals surface area contributed by atoms with Crippen LogP contribution in [0.25, 0.3) is 0 Å². The first kappa shape index (κ1) is 15.4. The predicted molar refractivity (Wildman–Crippen MR) is 93.3 cm³/mol. The first-order chi connectivity index (χ1) is 8.95. The van der Waals surface area contributed by atoms with E-state index in [2.05, 4.69) is 75.1 Å². The third-order valence-electron chi connectivity index (χ3n) is 2.87. The Morgan fingerprint density at radius 2 is 2.00 bits per heavy atom. The molecule has 0 bridgehead atoms. The Morgan fingerprint density at radius 3 is 2.58 bits per heavy atom. The normalized spacial score (nSPS) is 18.8. The van der Waals surface area contributed by atoms with Crippen molar-refractivity contribution in [2.75, 3.05) is 11.9 Å². The van der Waals surface area contributed by atoms with E-state index < -0.39 is 0 Å². The Morgan fingerprint density at radius 1 is 1.37 bits per heavy atom. The molecular weight excluding hydrogens is 388 g/mol. The highest BCUT2D eigenvalue weighted by molar-refractivity contribution is 9.11. The van der Waals surface area contributed by atoms with Crippen molar-refractivity contribution in [1.82, 2.24) is 0 Å². The Hall–Kier alpha value is -0.000000000000000111. The van der Waals surface area contributed by atoms with Gasteiger partial charge in [0.1, 0.15) is 0 Å². The molecule has 0 aliphatic carbocycles. The van der Waals surface area contributed by atoms with Crippen LogP contribution < -0.4 is 5.32 Å². The molecule has 104 valence electrons. The summed E-state index contributed by atoms with van der Waals surface area (Å²) in [6.07, 6.45) is 1.22. The Balaban J connectivity index is 2.04. The molecule has 0 amide bonds. The van der Waals surface area contributed by atoms with Gasteiger partial charge in [0.15, 0.2) is 5.17 Å². The van der Waals surface area contributed by atoms with Crippen molar-refractivity contribution in [2.45, 2.75) is 32.4 Å². The van der Waals surface area contributed by atoms with Crippen molar-refractivity contribution in [1.29, 1.82) is 0 Å². The summed E-state index contributed by atoms with van der Waals surface area (Å²) in [5, 5.41) is 5.07. The summed E-state index contributed by atoms with van der Waals surface area (Å²) in [5.74, 6) is 0.727. The van der Waals surface area contributed by atoms with Gasteiger partial charge >= 0.3 is 0 Å². The van der Waals surface area contributed by atoms with Crippen molar-refractivity contribution in [2.24, 2.45) is 10.9 Å². The van der Waals surface area contributed by atoms with Crippen molar-refractivity contribution < 1.29 is 0 Å². The van der Waals surface area contributed by atoms with Crippen molar-refractivity contribution in [3.8, 4) is 0 Å². The lowest BCUT2D eigenvalue weighted by atomic mass is 10.1. The molecule has 0 aromatic heterocycles. The van der Waals surface area contributed by atoms with Gasteiger partial charge in [-0.2, -0.15) is 0 Å². The van der Waals surface area contributed by atoms with E-state index in [1.165, 1.54) is 12.0 Å². The van der Waals surface area contributed by atoms with Gasteiger partial charge in [-0.05, 0) is 68.8 Å². The largest absolute Gasteiger partial charge is 0.333 e. The SMILES string of the molecule is Cc1cc(Br)c(NC2=NCC(CC(C)C)S2)c(Br)c1. The molecule has 1 heterocycles. The van der Waals surface area contributed by atoms with Crippen LogP contribution in [-0.4, -0.2) is 17.0 Å². The fraction of sp³-hybridized carbons (Fsp3) is 0.500. The number of rotatable bonds is 3. The predicted octanol–water partition coefficient (Wildman–Crippen LogP) is 5.45. The molecule has 1 aliphatic heterocycles. The fourth-order valence-electron chi connectivity index (χ4n) is 2.06. The van der Waals surface area contributed by atoms with Crippen LogP contribution in [0.5, 0.6) is 0 Å². The summed E-state index contributed by atoms with van der Waals surface area (Å²) in [6, 6.07) is 4.22. The molecule has 1 aliphatic rings. The van der Waals surface area contributed by atoms with Gasteiger partial charge in [-0.1, -0.05) is 25.6 Å². The van der Waals surface area contributed by atoms with E-state index in [1.54, 1.807) is 0 Å². The van der Waals surface area contributed by atoms with Crippen LogP contribution in [-0.2, 0) is 0 Å². The van der Waals surface area contributed by atoms with E-state index >= 15 is 0 Å². The number of nitrogens with one attached hydrogen (secondary N) is 1. The van der Waals surface area contributed by atoms with Gasteiger partial charge in [-0.3, -0.25) is 4.99 Å². The highest BCUT2D eigenvalue weighted by Gasteiger charge is 2.21. The molecule has 5 heteroatoms. The Kier molecular flexibility index (Phi) is 5.37. The zero-order valence-corrected chi connectivity index (χ0v) is 15.3. The zero-order chi connectivity index (χ0) is 14.0. The molecule has 19 heavy (non-hydrogen) atoms. The molecule has 1 atom stereocenters. The molecule has 2 rings (SSSR count). The highest BCUT2D eigenvalue weighted by Crippen LogP contribution is 2.35. The molecule has 2 nitrogen and oxygen atoms in total.